The molecule has 39 heavy (non-hydrogen) atoms. The lowest BCUT2D eigenvalue weighted by molar-refractivity contribution is 0.0965. The van der Waals surface area contributed by atoms with E-state index in [9.17, 15) is 9.90 Å². The lowest BCUT2D eigenvalue weighted by Crippen LogP contribution is -2.28. The van der Waals surface area contributed by atoms with Crippen molar-refractivity contribution in [2.75, 3.05) is 26.9 Å². The SMILES string of the molecule is CCOc1nn2/c(=N/C3CC3)n(CC(=O)c3cc(OCCCO)c(OC)c(C(C)(C)C)c3)nc2c(C)c1C.Cl. The number of Topliss-reactive ketones (excluding diaryl/α,β-unsaturated/α-hetero) is 1. The highest BCUT2D eigenvalue weighted by molar-refractivity contribution is 5.97. The Balaban J connectivity index is 0.00000420. The normalized spacial score (nSPS) is 13.9. The molecule has 0 radical (unpaired) electrons. The van der Waals surface area contributed by atoms with E-state index in [1.807, 2.05) is 26.8 Å². The number of halogens is 1. The Morgan fingerprint density at radius 3 is 2.46 bits per heavy atom. The Morgan fingerprint density at radius 2 is 1.87 bits per heavy atom. The minimum absolute atomic E-state index is 0. The number of aromatic nitrogens is 4. The van der Waals surface area contributed by atoms with Crippen molar-refractivity contribution in [2.45, 2.75) is 78.8 Å². The number of ether oxygens (including phenoxy) is 3. The monoisotopic (exact) mass is 561 g/mol. The van der Waals surface area contributed by atoms with Crippen LogP contribution >= 0.6 is 12.4 Å². The van der Waals surface area contributed by atoms with Crippen LogP contribution < -0.4 is 19.8 Å². The average molecular weight is 562 g/mol. The van der Waals surface area contributed by atoms with Crippen LogP contribution in [0.4, 0.5) is 0 Å². The van der Waals surface area contributed by atoms with Crippen molar-refractivity contribution >= 4 is 23.8 Å². The summed E-state index contributed by atoms with van der Waals surface area (Å²) in [7, 11) is 1.59. The second-order valence-corrected chi connectivity index (χ2v) is 10.7. The number of carbonyl (C=O) groups is 1. The standard InChI is InChI=1S/C28H39N5O5.ClH/c1-8-37-26-18(3)17(2)25-30-32(27(33(25)31-26)29-20-10-11-20)16-22(35)19-14-21(28(4,5)6)24(36-7)23(15-19)38-13-9-12-34;/h14-15,20,34H,8-13,16H2,1-7H3;1H/b29-27+;. The molecular formula is C28H40ClN5O5. The van der Waals surface area contributed by atoms with Gasteiger partial charge in [0.1, 0.15) is 6.54 Å². The maximum atomic E-state index is 13.7. The van der Waals surface area contributed by atoms with Gasteiger partial charge < -0.3 is 19.3 Å². The summed E-state index contributed by atoms with van der Waals surface area (Å²) in [5.74, 6) is 1.48. The minimum atomic E-state index is -0.298. The molecule has 4 rings (SSSR count). The van der Waals surface area contributed by atoms with Gasteiger partial charge in [0, 0.05) is 35.3 Å². The molecule has 2 aromatic heterocycles. The van der Waals surface area contributed by atoms with E-state index in [1.165, 1.54) is 0 Å². The molecule has 0 spiro atoms. The number of carbonyl (C=O) groups excluding carboxylic acids is 1. The first-order valence-electron chi connectivity index (χ1n) is 13.2. The van der Waals surface area contributed by atoms with Gasteiger partial charge in [-0.3, -0.25) is 4.79 Å². The molecular weight excluding hydrogens is 522 g/mol. The maximum Gasteiger partial charge on any atom is 0.245 e. The number of aliphatic hydroxyl groups excluding tert-OH is 1. The van der Waals surface area contributed by atoms with Gasteiger partial charge in [-0.1, -0.05) is 20.8 Å². The zero-order valence-corrected chi connectivity index (χ0v) is 24.7. The molecule has 0 atom stereocenters. The number of ketones is 1. The van der Waals surface area contributed by atoms with Gasteiger partial charge in [-0.15, -0.1) is 22.6 Å². The highest BCUT2D eigenvalue weighted by Crippen LogP contribution is 2.40. The van der Waals surface area contributed by atoms with E-state index < -0.39 is 0 Å². The van der Waals surface area contributed by atoms with Crippen LogP contribution in [0.25, 0.3) is 5.65 Å². The van der Waals surface area contributed by atoms with Crippen LogP contribution in [0.3, 0.4) is 0 Å². The van der Waals surface area contributed by atoms with Gasteiger partial charge in [0.05, 0.1) is 26.4 Å². The topological polar surface area (TPSA) is 112 Å². The number of benzene rings is 1. The van der Waals surface area contributed by atoms with Gasteiger partial charge in [0.25, 0.3) is 0 Å². The smallest absolute Gasteiger partial charge is 0.245 e. The summed E-state index contributed by atoms with van der Waals surface area (Å²) < 4.78 is 20.7. The van der Waals surface area contributed by atoms with E-state index in [0.717, 1.165) is 29.5 Å². The highest BCUT2D eigenvalue weighted by atomic mass is 35.5. The lowest BCUT2D eigenvalue weighted by atomic mass is 9.84. The molecule has 2 heterocycles. The zero-order chi connectivity index (χ0) is 27.6. The number of nitrogens with zero attached hydrogens (tertiary/aromatic N) is 5. The summed E-state index contributed by atoms with van der Waals surface area (Å²) >= 11 is 0. The minimum Gasteiger partial charge on any atom is -0.493 e. The Kier molecular flexibility index (Phi) is 9.66. The van der Waals surface area contributed by atoms with Gasteiger partial charge in [0.2, 0.25) is 11.5 Å². The van der Waals surface area contributed by atoms with Gasteiger partial charge in [-0.25, -0.2) is 9.67 Å². The average Bonchev–Trinajstić information content (AvgIpc) is 3.63. The van der Waals surface area contributed by atoms with Crippen molar-refractivity contribution in [3.8, 4) is 17.4 Å². The first-order chi connectivity index (χ1) is 18.1. The van der Waals surface area contributed by atoms with Crippen LogP contribution in [0, 0.1) is 13.8 Å². The second kappa shape index (κ2) is 12.4. The van der Waals surface area contributed by atoms with Crippen LogP contribution in [-0.2, 0) is 12.0 Å². The number of aliphatic hydroxyl groups is 1. The second-order valence-electron chi connectivity index (χ2n) is 10.7. The summed E-state index contributed by atoms with van der Waals surface area (Å²) in [6.07, 6.45) is 2.49. The summed E-state index contributed by atoms with van der Waals surface area (Å²) in [6, 6.07) is 3.78. The summed E-state index contributed by atoms with van der Waals surface area (Å²) in [4.78, 5) is 18.6. The maximum absolute atomic E-state index is 13.7. The van der Waals surface area contributed by atoms with Crippen LogP contribution in [0.5, 0.6) is 17.4 Å². The molecule has 0 amide bonds. The van der Waals surface area contributed by atoms with Crippen molar-refractivity contribution in [3.63, 3.8) is 0 Å². The van der Waals surface area contributed by atoms with Crippen LogP contribution in [0.15, 0.2) is 17.1 Å². The van der Waals surface area contributed by atoms with E-state index in [2.05, 4.69) is 25.9 Å². The molecule has 1 aliphatic carbocycles. The summed E-state index contributed by atoms with van der Waals surface area (Å²) in [5, 5.41) is 18.7. The van der Waals surface area contributed by atoms with Crippen LogP contribution in [0.1, 0.15) is 74.0 Å². The molecule has 0 aliphatic heterocycles. The van der Waals surface area contributed by atoms with Gasteiger partial charge in [-0.2, -0.15) is 4.52 Å². The first-order valence-corrected chi connectivity index (χ1v) is 13.2. The molecule has 214 valence electrons. The number of fused-ring (bicyclic) bond motifs is 1. The first kappa shape index (κ1) is 30.4. The zero-order valence-electron chi connectivity index (χ0n) is 23.9. The Hall–Kier alpha value is -3.11. The predicted octanol–water partition coefficient (Wildman–Crippen LogP) is 3.98. The van der Waals surface area contributed by atoms with E-state index >= 15 is 0 Å². The van der Waals surface area contributed by atoms with Crippen molar-refractivity contribution in [1.82, 2.24) is 19.4 Å². The Morgan fingerprint density at radius 1 is 1.15 bits per heavy atom. The van der Waals surface area contributed by atoms with Gasteiger partial charge in [0.15, 0.2) is 22.9 Å². The fraction of sp³-hybridized carbons (Fsp3) is 0.571. The molecule has 1 saturated carbocycles. The third-order valence-electron chi connectivity index (χ3n) is 6.61. The molecule has 0 saturated heterocycles. The van der Waals surface area contributed by atoms with E-state index in [0.29, 0.717) is 53.8 Å². The number of methoxy groups -OCH3 is 1. The molecule has 3 aromatic rings. The predicted molar refractivity (Wildman–Crippen MR) is 151 cm³/mol. The number of rotatable bonds is 11. The van der Waals surface area contributed by atoms with Crippen molar-refractivity contribution in [2.24, 2.45) is 4.99 Å². The molecule has 11 heteroatoms. The fourth-order valence-electron chi connectivity index (χ4n) is 4.21. The van der Waals surface area contributed by atoms with Crippen molar-refractivity contribution in [1.29, 1.82) is 0 Å². The van der Waals surface area contributed by atoms with E-state index in [4.69, 9.17) is 24.3 Å². The van der Waals surface area contributed by atoms with Crippen molar-refractivity contribution < 1.29 is 24.1 Å². The van der Waals surface area contributed by atoms with Gasteiger partial charge in [-0.05, 0) is 51.2 Å². The van der Waals surface area contributed by atoms with E-state index in [1.54, 1.807) is 22.4 Å². The third kappa shape index (κ3) is 6.55. The van der Waals surface area contributed by atoms with E-state index in [-0.39, 0.29) is 42.8 Å². The largest absolute Gasteiger partial charge is 0.493 e. The summed E-state index contributed by atoms with van der Waals surface area (Å²) in [5.41, 5.74) is 4.08. The molecule has 1 fully saturated rings. The molecule has 1 aromatic carbocycles. The Labute approximate surface area is 235 Å². The lowest BCUT2D eigenvalue weighted by Gasteiger charge is -2.25. The van der Waals surface area contributed by atoms with Crippen molar-refractivity contribution in [3.05, 3.63) is 40.0 Å². The Bertz CT molecular complexity index is 1400. The molecule has 10 nitrogen and oxygen atoms in total. The van der Waals surface area contributed by atoms with Crippen LogP contribution in [0.2, 0.25) is 0 Å². The molecule has 1 aliphatic rings. The molecule has 0 unspecified atom stereocenters. The number of hydrogen-bond donors (Lipinski definition) is 1. The highest BCUT2D eigenvalue weighted by Gasteiger charge is 2.27. The summed E-state index contributed by atoms with van der Waals surface area (Å²) in [6.45, 7) is 12.9. The molecule has 1 N–H and O–H groups in total. The van der Waals surface area contributed by atoms with Crippen LogP contribution in [-0.4, -0.2) is 63.3 Å². The molecule has 0 bridgehead atoms. The third-order valence-corrected chi connectivity index (χ3v) is 6.61. The number of aryl methyl sites for hydroxylation is 1. The fourth-order valence-corrected chi connectivity index (χ4v) is 4.21. The van der Waals surface area contributed by atoms with Gasteiger partial charge >= 0.3 is 0 Å². The quantitative estimate of drug-likeness (QED) is 0.278. The number of hydrogen-bond acceptors (Lipinski definition) is 8.